The quantitative estimate of drug-likeness (QED) is 0.677. The minimum atomic E-state index is 0.0209. The largest absolute Gasteiger partial charge is 0.493 e. The van der Waals surface area contributed by atoms with Gasteiger partial charge in [0, 0.05) is 16.8 Å². The van der Waals surface area contributed by atoms with Crippen molar-refractivity contribution >= 4 is 11.5 Å². The highest BCUT2D eigenvalue weighted by molar-refractivity contribution is 6.10. The maximum atomic E-state index is 12.7. The number of carbonyl (C=O) groups excluding carboxylic acids is 1. The highest BCUT2D eigenvalue weighted by Crippen LogP contribution is 2.27. The number of rotatable bonds is 2. The maximum absolute atomic E-state index is 12.7. The first-order valence-electron chi connectivity index (χ1n) is 7.23. The van der Waals surface area contributed by atoms with Gasteiger partial charge in [-0.05, 0) is 67.6 Å². The molecule has 2 aromatic rings. The lowest BCUT2D eigenvalue weighted by Gasteiger charge is -2.18. The molecule has 3 nitrogen and oxygen atoms in total. The fourth-order valence-electron chi connectivity index (χ4n) is 2.77. The first kappa shape index (κ1) is 13.7. The Bertz CT molecular complexity index is 719. The van der Waals surface area contributed by atoms with E-state index in [4.69, 9.17) is 10.5 Å². The highest BCUT2D eigenvalue weighted by Gasteiger charge is 2.17. The van der Waals surface area contributed by atoms with E-state index >= 15 is 0 Å². The molecule has 0 saturated heterocycles. The lowest BCUT2D eigenvalue weighted by atomic mass is 9.94. The number of ketones is 1. The molecule has 0 spiro atoms. The minimum absolute atomic E-state index is 0.0209. The second-order valence-corrected chi connectivity index (χ2v) is 5.63. The van der Waals surface area contributed by atoms with Gasteiger partial charge in [-0.15, -0.1) is 0 Å². The molecule has 21 heavy (non-hydrogen) atoms. The molecule has 0 radical (unpaired) electrons. The molecule has 0 unspecified atom stereocenters. The van der Waals surface area contributed by atoms with E-state index in [0.29, 0.717) is 16.8 Å². The van der Waals surface area contributed by atoms with Crippen LogP contribution in [0.15, 0.2) is 30.3 Å². The molecule has 1 aliphatic rings. The predicted octanol–water partition coefficient (Wildman–Crippen LogP) is 3.44. The summed E-state index contributed by atoms with van der Waals surface area (Å²) in [4.78, 5) is 12.7. The van der Waals surface area contributed by atoms with Gasteiger partial charge < -0.3 is 10.5 Å². The van der Waals surface area contributed by atoms with Crippen molar-refractivity contribution in [2.45, 2.75) is 26.7 Å². The van der Waals surface area contributed by atoms with E-state index in [0.717, 1.165) is 41.9 Å². The normalized spacial score (nSPS) is 13.4. The highest BCUT2D eigenvalue weighted by atomic mass is 16.5. The fraction of sp³-hybridized carbons (Fsp3) is 0.278. The number of anilines is 1. The van der Waals surface area contributed by atoms with Gasteiger partial charge in [0.05, 0.1) is 6.61 Å². The summed E-state index contributed by atoms with van der Waals surface area (Å²) >= 11 is 0. The zero-order valence-corrected chi connectivity index (χ0v) is 12.4. The Morgan fingerprint density at radius 3 is 2.76 bits per heavy atom. The van der Waals surface area contributed by atoms with Crippen molar-refractivity contribution in [2.24, 2.45) is 0 Å². The molecule has 1 aliphatic heterocycles. The van der Waals surface area contributed by atoms with E-state index in [1.807, 2.05) is 38.1 Å². The van der Waals surface area contributed by atoms with Gasteiger partial charge >= 0.3 is 0 Å². The van der Waals surface area contributed by atoms with Gasteiger partial charge in [-0.2, -0.15) is 0 Å². The Labute approximate surface area is 124 Å². The molecule has 0 amide bonds. The number of hydrogen-bond donors (Lipinski definition) is 1. The van der Waals surface area contributed by atoms with Gasteiger partial charge in [0.1, 0.15) is 5.75 Å². The average Bonchev–Trinajstić information content (AvgIpc) is 2.50. The Balaban J connectivity index is 2.01. The van der Waals surface area contributed by atoms with Crippen molar-refractivity contribution in [3.8, 4) is 5.75 Å². The molecule has 1 heterocycles. The van der Waals surface area contributed by atoms with Crippen LogP contribution in [0.5, 0.6) is 5.75 Å². The first-order valence-corrected chi connectivity index (χ1v) is 7.23. The SMILES string of the molecule is Cc1cc(C)c(C(=O)c2ccc3c(c2)CCCO3)cc1N. The van der Waals surface area contributed by atoms with Crippen LogP contribution in [-0.2, 0) is 6.42 Å². The number of hydrogen-bond acceptors (Lipinski definition) is 3. The molecule has 0 aromatic heterocycles. The molecule has 0 aliphatic carbocycles. The number of benzene rings is 2. The van der Waals surface area contributed by atoms with Gasteiger partial charge in [0.2, 0.25) is 0 Å². The summed E-state index contributed by atoms with van der Waals surface area (Å²) in [6, 6.07) is 9.43. The second kappa shape index (κ2) is 5.24. The van der Waals surface area contributed by atoms with Crippen LogP contribution >= 0.6 is 0 Å². The van der Waals surface area contributed by atoms with Gasteiger partial charge in [0.25, 0.3) is 0 Å². The van der Waals surface area contributed by atoms with Gasteiger partial charge in [-0.1, -0.05) is 6.07 Å². The zero-order chi connectivity index (χ0) is 15.0. The van der Waals surface area contributed by atoms with E-state index in [1.165, 1.54) is 0 Å². The summed E-state index contributed by atoms with van der Waals surface area (Å²) in [5.41, 5.74) is 11.1. The zero-order valence-electron chi connectivity index (χ0n) is 12.4. The third-order valence-electron chi connectivity index (χ3n) is 4.03. The maximum Gasteiger partial charge on any atom is 0.193 e. The molecule has 2 aromatic carbocycles. The minimum Gasteiger partial charge on any atom is -0.493 e. The first-order chi connectivity index (χ1) is 10.1. The number of nitrogen functional groups attached to an aromatic ring is 1. The fourth-order valence-corrected chi connectivity index (χ4v) is 2.77. The monoisotopic (exact) mass is 281 g/mol. The average molecular weight is 281 g/mol. The third kappa shape index (κ3) is 2.51. The number of aryl methyl sites for hydroxylation is 3. The lowest BCUT2D eigenvalue weighted by Crippen LogP contribution is -2.11. The number of ether oxygens (including phenoxy) is 1. The summed E-state index contributed by atoms with van der Waals surface area (Å²) in [6.45, 7) is 4.65. The van der Waals surface area contributed by atoms with Crippen LogP contribution in [0.25, 0.3) is 0 Å². The molecule has 3 rings (SSSR count). The summed E-state index contributed by atoms with van der Waals surface area (Å²) in [6.07, 6.45) is 1.96. The topological polar surface area (TPSA) is 52.3 Å². The molecule has 108 valence electrons. The molecular formula is C18H19NO2. The molecule has 2 N–H and O–H groups in total. The second-order valence-electron chi connectivity index (χ2n) is 5.63. The van der Waals surface area contributed by atoms with E-state index < -0.39 is 0 Å². The van der Waals surface area contributed by atoms with Gasteiger partial charge in [-0.3, -0.25) is 4.79 Å². The van der Waals surface area contributed by atoms with Crippen LogP contribution in [0.1, 0.15) is 39.0 Å². The number of carbonyl (C=O) groups is 1. The Morgan fingerprint density at radius 1 is 1.14 bits per heavy atom. The lowest BCUT2D eigenvalue weighted by molar-refractivity contribution is 0.103. The molecular weight excluding hydrogens is 262 g/mol. The molecule has 0 saturated carbocycles. The van der Waals surface area contributed by atoms with Crippen molar-refractivity contribution in [3.63, 3.8) is 0 Å². The van der Waals surface area contributed by atoms with Crippen molar-refractivity contribution in [2.75, 3.05) is 12.3 Å². The smallest absolute Gasteiger partial charge is 0.193 e. The van der Waals surface area contributed by atoms with E-state index in [-0.39, 0.29) is 5.78 Å². The Morgan fingerprint density at radius 2 is 1.95 bits per heavy atom. The van der Waals surface area contributed by atoms with Crippen LogP contribution in [0.3, 0.4) is 0 Å². The Kier molecular flexibility index (Phi) is 3.42. The van der Waals surface area contributed by atoms with E-state index in [1.54, 1.807) is 6.07 Å². The van der Waals surface area contributed by atoms with Gasteiger partial charge in [-0.25, -0.2) is 0 Å². The molecule has 0 fully saturated rings. The van der Waals surface area contributed by atoms with Crippen molar-refractivity contribution in [1.29, 1.82) is 0 Å². The van der Waals surface area contributed by atoms with Crippen LogP contribution in [0.2, 0.25) is 0 Å². The summed E-state index contributed by atoms with van der Waals surface area (Å²) in [5.74, 6) is 0.922. The van der Waals surface area contributed by atoms with Gasteiger partial charge in [0.15, 0.2) is 5.78 Å². The summed E-state index contributed by atoms with van der Waals surface area (Å²) < 4.78 is 5.59. The van der Waals surface area contributed by atoms with Crippen LogP contribution in [-0.4, -0.2) is 12.4 Å². The van der Waals surface area contributed by atoms with Crippen LogP contribution in [0.4, 0.5) is 5.69 Å². The van der Waals surface area contributed by atoms with Crippen molar-refractivity contribution in [3.05, 3.63) is 58.1 Å². The van der Waals surface area contributed by atoms with Crippen molar-refractivity contribution in [1.82, 2.24) is 0 Å². The predicted molar refractivity (Wildman–Crippen MR) is 84.0 cm³/mol. The summed E-state index contributed by atoms with van der Waals surface area (Å²) in [5, 5.41) is 0. The van der Waals surface area contributed by atoms with Crippen LogP contribution < -0.4 is 10.5 Å². The standard InChI is InChI=1S/C18H19NO2/c1-11-8-12(2)16(19)10-15(11)18(20)14-5-6-17-13(9-14)4-3-7-21-17/h5-6,8-10H,3-4,7,19H2,1-2H3. The molecule has 0 atom stereocenters. The molecule has 3 heteroatoms. The number of nitrogens with two attached hydrogens (primary N) is 1. The molecule has 0 bridgehead atoms. The van der Waals surface area contributed by atoms with E-state index in [9.17, 15) is 4.79 Å². The third-order valence-corrected chi connectivity index (χ3v) is 4.03. The Hall–Kier alpha value is -2.29. The van der Waals surface area contributed by atoms with Crippen LogP contribution in [0, 0.1) is 13.8 Å². The summed E-state index contributed by atoms with van der Waals surface area (Å²) in [7, 11) is 0. The number of fused-ring (bicyclic) bond motifs is 1. The van der Waals surface area contributed by atoms with E-state index in [2.05, 4.69) is 0 Å². The van der Waals surface area contributed by atoms with Crippen molar-refractivity contribution < 1.29 is 9.53 Å².